The molecule has 44 heavy (non-hydrogen) atoms. The molecule has 0 aliphatic rings. The highest BCUT2D eigenvalue weighted by Crippen LogP contribution is 2.41. The van der Waals surface area contributed by atoms with Gasteiger partial charge in [-0.25, -0.2) is 0 Å². The molecule has 0 aliphatic heterocycles. The van der Waals surface area contributed by atoms with Gasteiger partial charge in [-0.1, -0.05) is 123 Å². The summed E-state index contributed by atoms with van der Waals surface area (Å²) in [5.74, 6) is 13.9. The van der Waals surface area contributed by atoms with Crippen LogP contribution in [-0.2, 0) is 12.8 Å². The molecule has 0 N–H and O–H groups in total. The van der Waals surface area contributed by atoms with Crippen molar-refractivity contribution >= 4 is 43.1 Å². The molecule has 0 bridgehead atoms. The zero-order chi connectivity index (χ0) is 29.9. The van der Waals surface area contributed by atoms with Crippen molar-refractivity contribution < 1.29 is 0 Å². The van der Waals surface area contributed by atoms with Crippen molar-refractivity contribution in [1.29, 1.82) is 0 Å². The predicted molar refractivity (Wildman–Crippen MR) is 190 cm³/mol. The van der Waals surface area contributed by atoms with E-state index in [4.69, 9.17) is 0 Å². The van der Waals surface area contributed by atoms with Gasteiger partial charge >= 0.3 is 0 Å². The maximum Gasteiger partial charge on any atom is 0.0328 e. The Kier molecular flexibility index (Phi) is 7.76. The second kappa shape index (κ2) is 12.3. The number of hydrogen-bond acceptors (Lipinski definition) is 0. The normalized spacial score (nSPS) is 11.1. The molecule has 0 aromatic heterocycles. The Morgan fingerprint density at radius 1 is 0.386 bits per heavy atom. The predicted octanol–water partition coefficient (Wildman–Crippen LogP) is 11.2. The smallest absolute Gasteiger partial charge is 0.0328 e. The van der Waals surface area contributed by atoms with Crippen LogP contribution in [0.5, 0.6) is 0 Å². The van der Waals surface area contributed by atoms with Crippen LogP contribution >= 0.6 is 0 Å². The fourth-order valence-corrected chi connectivity index (χ4v) is 6.48. The minimum Gasteiger partial charge on any atom is -0.0654 e. The standard InChI is InChI=1S/C44H36/c1-3-5-9-31-15-19-33(20-16-31)23-25-35-27-29-41-42-30-28-36(26-24-34-21-17-32(18-22-34)10-6-4-2)38-12-8-14-40(44(38)42)39-13-7-11-37(35)43(39)41/h7-8,11-22,27-30H,3-6,9-10H2,1-2H3. The quantitative estimate of drug-likeness (QED) is 0.107. The lowest BCUT2D eigenvalue weighted by Crippen LogP contribution is -1.90. The van der Waals surface area contributed by atoms with Gasteiger partial charge in [0.25, 0.3) is 0 Å². The fraction of sp³-hybridized carbons (Fsp3) is 0.182. The highest BCUT2D eigenvalue weighted by atomic mass is 14.2. The van der Waals surface area contributed by atoms with E-state index >= 15 is 0 Å². The number of benzene rings is 7. The second-order valence-electron chi connectivity index (χ2n) is 11.9. The van der Waals surface area contributed by atoms with E-state index in [-0.39, 0.29) is 0 Å². The van der Waals surface area contributed by atoms with Gasteiger partial charge < -0.3 is 0 Å². The highest BCUT2D eigenvalue weighted by Gasteiger charge is 2.15. The van der Waals surface area contributed by atoms with Crippen LogP contribution in [0.15, 0.2) is 109 Å². The molecule has 0 heterocycles. The topological polar surface area (TPSA) is 0 Å². The number of fused-ring (bicyclic) bond motifs is 2. The summed E-state index contributed by atoms with van der Waals surface area (Å²) in [4.78, 5) is 0. The maximum atomic E-state index is 3.50. The van der Waals surface area contributed by atoms with Crippen molar-refractivity contribution in [3.63, 3.8) is 0 Å². The summed E-state index contributed by atoms with van der Waals surface area (Å²) in [6, 6.07) is 39.7. The molecule has 0 radical (unpaired) electrons. The summed E-state index contributed by atoms with van der Waals surface area (Å²) in [6.45, 7) is 4.47. The highest BCUT2D eigenvalue weighted by molar-refractivity contribution is 6.33. The molecule has 0 fully saturated rings. The van der Waals surface area contributed by atoms with E-state index in [1.807, 2.05) is 0 Å². The summed E-state index contributed by atoms with van der Waals surface area (Å²) in [7, 11) is 0. The van der Waals surface area contributed by atoms with Crippen LogP contribution in [-0.4, -0.2) is 0 Å². The summed E-state index contributed by atoms with van der Waals surface area (Å²) < 4.78 is 0. The third kappa shape index (κ3) is 5.30. The van der Waals surface area contributed by atoms with Gasteiger partial charge in [-0.3, -0.25) is 0 Å². The molecular formula is C44H36. The average Bonchev–Trinajstić information content (AvgIpc) is 3.08. The molecule has 0 aliphatic carbocycles. The van der Waals surface area contributed by atoms with E-state index in [1.54, 1.807) is 0 Å². The Balaban J connectivity index is 1.30. The van der Waals surface area contributed by atoms with Crippen LogP contribution in [0.2, 0.25) is 0 Å². The molecule has 0 saturated carbocycles. The first kappa shape index (κ1) is 27.8. The molecular weight excluding hydrogens is 528 g/mol. The minimum absolute atomic E-state index is 1.06. The van der Waals surface area contributed by atoms with Crippen LogP contribution < -0.4 is 0 Å². The van der Waals surface area contributed by atoms with E-state index in [0.717, 1.165) is 35.1 Å². The lowest BCUT2D eigenvalue weighted by Gasteiger charge is -2.15. The van der Waals surface area contributed by atoms with Gasteiger partial charge in [0.15, 0.2) is 0 Å². The first-order valence-electron chi connectivity index (χ1n) is 16.1. The molecule has 0 atom stereocenters. The molecule has 0 heteroatoms. The van der Waals surface area contributed by atoms with Crippen molar-refractivity contribution in [2.24, 2.45) is 0 Å². The van der Waals surface area contributed by atoms with Crippen molar-refractivity contribution in [2.45, 2.75) is 52.4 Å². The van der Waals surface area contributed by atoms with Gasteiger partial charge in [0.05, 0.1) is 0 Å². The number of aryl methyl sites for hydroxylation is 2. The SMILES string of the molecule is CCCCc1ccc(C#Cc2ccc3c4ccc(C#Cc5ccc(CCCC)cc5)c5cccc(c6cccc2c63)c54)cc1. The molecule has 0 nitrogen and oxygen atoms in total. The van der Waals surface area contributed by atoms with E-state index in [0.29, 0.717) is 0 Å². The molecule has 7 aromatic rings. The monoisotopic (exact) mass is 564 g/mol. The maximum absolute atomic E-state index is 3.50. The summed E-state index contributed by atoms with van der Waals surface area (Å²) in [6.07, 6.45) is 7.16. The van der Waals surface area contributed by atoms with Crippen molar-refractivity contribution in [3.05, 3.63) is 143 Å². The van der Waals surface area contributed by atoms with Crippen molar-refractivity contribution in [3.8, 4) is 23.7 Å². The van der Waals surface area contributed by atoms with E-state index in [1.165, 1.54) is 79.9 Å². The molecule has 212 valence electrons. The summed E-state index contributed by atoms with van der Waals surface area (Å²) >= 11 is 0. The fourth-order valence-electron chi connectivity index (χ4n) is 6.48. The van der Waals surface area contributed by atoms with Gasteiger partial charge in [-0.05, 0) is 116 Å². The largest absolute Gasteiger partial charge is 0.0654 e. The van der Waals surface area contributed by atoms with Crippen LogP contribution in [0.25, 0.3) is 43.1 Å². The van der Waals surface area contributed by atoms with Gasteiger partial charge in [0.2, 0.25) is 0 Å². The summed E-state index contributed by atoms with van der Waals surface area (Å²) in [5, 5.41) is 10.1. The first-order chi connectivity index (χ1) is 21.7. The Morgan fingerprint density at radius 2 is 0.773 bits per heavy atom. The summed E-state index contributed by atoms with van der Waals surface area (Å²) in [5.41, 5.74) is 7.03. The molecule has 0 saturated heterocycles. The molecule has 7 rings (SSSR count). The average molecular weight is 565 g/mol. The van der Waals surface area contributed by atoms with Gasteiger partial charge in [-0.2, -0.15) is 0 Å². The van der Waals surface area contributed by atoms with Gasteiger partial charge in [0, 0.05) is 22.3 Å². The Hall–Kier alpha value is -5.04. The molecule has 0 amide bonds. The van der Waals surface area contributed by atoms with E-state index in [2.05, 4.69) is 147 Å². The Labute approximate surface area is 261 Å². The number of unbranched alkanes of at least 4 members (excludes halogenated alkanes) is 2. The third-order valence-corrected chi connectivity index (χ3v) is 8.89. The van der Waals surface area contributed by atoms with Crippen LogP contribution in [0.3, 0.4) is 0 Å². The number of rotatable bonds is 6. The Morgan fingerprint density at radius 3 is 1.18 bits per heavy atom. The van der Waals surface area contributed by atoms with Crippen LogP contribution in [0.4, 0.5) is 0 Å². The minimum atomic E-state index is 1.06. The van der Waals surface area contributed by atoms with E-state index < -0.39 is 0 Å². The Bertz CT molecular complexity index is 2040. The van der Waals surface area contributed by atoms with Gasteiger partial charge in [0.1, 0.15) is 0 Å². The van der Waals surface area contributed by atoms with E-state index in [9.17, 15) is 0 Å². The second-order valence-corrected chi connectivity index (χ2v) is 11.9. The number of hydrogen-bond donors (Lipinski definition) is 0. The van der Waals surface area contributed by atoms with Crippen molar-refractivity contribution in [1.82, 2.24) is 0 Å². The van der Waals surface area contributed by atoms with Crippen LogP contribution in [0.1, 0.15) is 72.9 Å². The lowest BCUT2D eigenvalue weighted by atomic mass is 9.87. The molecule has 7 aromatic carbocycles. The molecule has 0 unspecified atom stereocenters. The molecule has 0 spiro atoms. The zero-order valence-electron chi connectivity index (χ0n) is 25.6. The van der Waals surface area contributed by atoms with Gasteiger partial charge in [-0.15, -0.1) is 0 Å². The third-order valence-electron chi connectivity index (χ3n) is 8.89. The zero-order valence-corrected chi connectivity index (χ0v) is 25.6. The first-order valence-corrected chi connectivity index (χ1v) is 16.1. The van der Waals surface area contributed by atoms with Crippen molar-refractivity contribution in [2.75, 3.05) is 0 Å². The van der Waals surface area contributed by atoms with Crippen LogP contribution in [0, 0.1) is 23.7 Å². The lowest BCUT2D eigenvalue weighted by molar-refractivity contribution is 0.795.